The van der Waals surface area contributed by atoms with E-state index in [-0.39, 0.29) is 6.04 Å². The molecule has 17 heavy (non-hydrogen) atoms. The zero-order valence-electron chi connectivity index (χ0n) is 11.3. The van der Waals surface area contributed by atoms with Crippen LogP contribution in [0.3, 0.4) is 0 Å². The first kappa shape index (κ1) is 13.3. The van der Waals surface area contributed by atoms with E-state index in [1.54, 1.807) is 7.11 Å². The predicted octanol–water partition coefficient (Wildman–Crippen LogP) is 0.519. The zero-order valence-corrected chi connectivity index (χ0v) is 11.3. The first-order valence-corrected chi connectivity index (χ1v) is 6.93. The van der Waals surface area contributed by atoms with Gasteiger partial charge < -0.3 is 10.5 Å². The van der Waals surface area contributed by atoms with E-state index in [0.29, 0.717) is 6.04 Å². The van der Waals surface area contributed by atoms with Crippen molar-refractivity contribution >= 4 is 0 Å². The molecule has 0 amide bonds. The van der Waals surface area contributed by atoms with Gasteiger partial charge in [-0.15, -0.1) is 0 Å². The molecule has 2 aliphatic heterocycles. The topological polar surface area (TPSA) is 41.7 Å². The van der Waals surface area contributed by atoms with Crippen LogP contribution in [0.15, 0.2) is 0 Å². The molecule has 3 unspecified atom stereocenters. The maximum atomic E-state index is 6.15. The smallest absolute Gasteiger partial charge is 0.0477 e. The normalized spacial score (nSPS) is 32.6. The lowest BCUT2D eigenvalue weighted by Gasteiger charge is -2.43. The highest BCUT2D eigenvalue weighted by atomic mass is 16.5. The van der Waals surface area contributed by atoms with Crippen molar-refractivity contribution in [3.63, 3.8) is 0 Å². The Bertz CT molecular complexity index is 237. The maximum Gasteiger partial charge on any atom is 0.0477 e. The highest BCUT2D eigenvalue weighted by Crippen LogP contribution is 2.24. The van der Waals surface area contributed by atoms with E-state index in [4.69, 9.17) is 10.5 Å². The maximum absolute atomic E-state index is 6.15. The Morgan fingerprint density at radius 2 is 2.24 bits per heavy atom. The van der Waals surface area contributed by atoms with Crippen LogP contribution in [0.2, 0.25) is 0 Å². The molecule has 0 aromatic heterocycles. The van der Waals surface area contributed by atoms with E-state index in [1.165, 1.54) is 32.5 Å². The minimum absolute atomic E-state index is 0.255. The van der Waals surface area contributed by atoms with Crippen molar-refractivity contribution in [3.05, 3.63) is 0 Å². The Morgan fingerprint density at radius 3 is 3.00 bits per heavy atom. The van der Waals surface area contributed by atoms with Gasteiger partial charge in [0.1, 0.15) is 0 Å². The van der Waals surface area contributed by atoms with Crippen molar-refractivity contribution < 1.29 is 4.74 Å². The standard InChI is InChI=1S/C13H27N3O/c1-11-8-15-6-3-4-13(15)10-16(11)9-12(14)5-7-17-2/h11-13H,3-10,14H2,1-2H3. The predicted molar refractivity (Wildman–Crippen MR) is 70.1 cm³/mol. The van der Waals surface area contributed by atoms with E-state index < -0.39 is 0 Å². The molecule has 0 spiro atoms. The van der Waals surface area contributed by atoms with E-state index in [1.807, 2.05) is 0 Å². The number of methoxy groups -OCH3 is 1. The van der Waals surface area contributed by atoms with Crippen LogP contribution in [0.4, 0.5) is 0 Å². The van der Waals surface area contributed by atoms with Gasteiger partial charge in [0.25, 0.3) is 0 Å². The average Bonchev–Trinajstić information content (AvgIpc) is 2.74. The molecule has 4 heteroatoms. The van der Waals surface area contributed by atoms with Crippen LogP contribution in [-0.4, -0.2) is 67.8 Å². The Morgan fingerprint density at radius 1 is 1.41 bits per heavy atom. The summed E-state index contributed by atoms with van der Waals surface area (Å²) in [4.78, 5) is 5.23. The molecule has 0 aromatic carbocycles. The summed E-state index contributed by atoms with van der Waals surface area (Å²) < 4.78 is 5.09. The fraction of sp³-hybridized carbons (Fsp3) is 1.00. The summed E-state index contributed by atoms with van der Waals surface area (Å²) in [7, 11) is 1.74. The van der Waals surface area contributed by atoms with Crippen molar-refractivity contribution in [2.24, 2.45) is 5.73 Å². The summed E-state index contributed by atoms with van der Waals surface area (Å²) in [6.07, 6.45) is 3.71. The van der Waals surface area contributed by atoms with Gasteiger partial charge in [-0.1, -0.05) is 0 Å². The minimum atomic E-state index is 0.255. The van der Waals surface area contributed by atoms with Gasteiger partial charge in [0.2, 0.25) is 0 Å². The van der Waals surface area contributed by atoms with Crippen molar-refractivity contribution in [1.29, 1.82) is 0 Å². The Labute approximate surface area is 105 Å². The van der Waals surface area contributed by atoms with Crippen molar-refractivity contribution in [2.45, 2.75) is 44.3 Å². The number of nitrogens with zero attached hydrogens (tertiary/aromatic N) is 2. The molecule has 2 saturated heterocycles. The molecule has 2 rings (SSSR count). The lowest BCUT2D eigenvalue weighted by molar-refractivity contribution is 0.0525. The molecule has 2 heterocycles. The zero-order chi connectivity index (χ0) is 12.3. The molecule has 2 fully saturated rings. The number of piperazine rings is 1. The van der Waals surface area contributed by atoms with E-state index in [0.717, 1.165) is 25.6 Å². The van der Waals surface area contributed by atoms with E-state index in [9.17, 15) is 0 Å². The van der Waals surface area contributed by atoms with Gasteiger partial charge in [-0.25, -0.2) is 0 Å². The van der Waals surface area contributed by atoms with Crippen LogP contribution < -0.4 is 5.73 Å². The van der Waals surface area contributed by atoms with Gasteiger partial charge in [0.05, 0.1) is 0 Å². The second-order valence-electron chi connectivity index (χ2n) is 5.64. The Kier molecular flexibility index (Phi) is 4.79. The van der Waals surface area contributed by atoms with E-state index >= 15 is 0 Å². The van der Waals surface area contributed by atoms with Gasteiger partial charge in [-0.05, 0) is 32.7 Å². The van der Waals surface area contributed by atoms with Crippen LogP contribution in [0.1, 0.15) is 26.2 Å². The summed E-state index contributed by atoms with van der Waals surface area (Å²) in [5, 5.41) is 0. The highest BCUT2D eigenvalue weighted by molar-refractivity contribution is 4.91. The van der Waals surface area contributed by atoms with E-state index in [2.05, 4.69) is 16.7 Å². The second kappa shape index (κ2) is 6.14. The number of ether oxygens (including phenoxy) is 1. The molecule has 3 atom stereocenters. The molecule has 0 aliphatic carbocycles. The number of hydrogen-bond donors (Lipinski definition) is 1. The Hall–Kier alpha value is -0.160. The van der Waals surface area contributed by atoms with Gasteiger partial charge in [0, 0.05) is 51.5 Å². The fourth-order valence-corrected chi connectivity index (χ4v) is 3.16. The molecular formula is C13H27N3O. The average molecular weight is 241 g/mol. The number of fused-ring (bicyclic) bond motifs is 1. The highest BCUT2D eigenvalue weighted by Gasteiger charge is 2.34. The number of nitrogens with two attached hydrogens (primary N) is 1. The van der Waals surface area contributed by atoms with Crippen LogP contribution in [-0.2, 0) is 4.74 Å². The lowest BCUT2D eigenvalue weighted by atomic mass is 10.1. The quantitative estimate of drug-likeness (QED) is 0.762. The molecular weight excluding hydrogens is 214 g/mol. The first-order valence-electron chi connectivity index (χ1n) is 6.93. The second-order valence-corrected chi connectivity index (χ2v) is 5.64. The third-order valence-electron chi connectivity index (χ3n) is 4.23. The van der Waals surface area contributed by atoms with Gasteiger partial charge >= 0.3 is 0 Å². The number of hydrogen-bond acceptors (Lipinski definition) is 4. The molecule has 0 saturated carbocycles. The Balaban J connectivity index is 1.79. The molecule has 0 radical (unpaired) electrons. The first-order chi connectivity index (χ1) is 8.20. The SMILES string of the molecule is COCCC(N)CN1CC2CCCN2CC1C. The molecule has 2 N–H and O–H groups in total. The van der Waals surface area contributed by atoms with Gasteiger partial charge in [-0.3, -0.25) is 9.80 Å². The third-order valence-corrected chi connectivity index (χ3v) is 4.23. The monoisotopic (exact) mass is 241 g/mol. The summed E-state index contributed by atoms with van der Waals surface area (Å²) in [6.45, 7) is 7.87. The van der Waals surface area contributed by atoms with Crippen molar-refractivity contribution in [1.82, 2.24) is 9.80 Å². The molecule has 2 aliphatic rings. The van der Waals surface area contributed by atoms with Crippen LogP contribution in [0.25, 0.3) is 0 Å². The molecule has 100 valence electrons. The summed E-state index contributed by atoms with van der Waals surface area (Å²) >= 11 is 0. The summed E-state index contributed by atoms with van der Waals surface area (Å²) in [5.74, 6) is 0. The minimum Gasteiger partial charge on any atom is -0.385 e. The summed E-state index contributed by atoms with van der Waals surface area (Å²) in [6, 6.07) is 1.70. The fourth-order valence-electron chi connectivity index (χ4n) is 3.16. The molecule has 0 bridgehead atoms. The number of rotatable bonds is 5. The van der Waals surface area contributed by atoms with Crippen molar-refractivity contribution in [3.8, 4) is 0 Å². The molecule has 0 aromatic rings. The van der Waals surface area contributed by atoms with Gasteiger partial charge in [-0.2, -0.15) is 0 Å². The third kappa shape index (κ3) is 3.41. The van der Waals surface area contributed by atoms with Crippen LogP contribution in [0, 0.1) is 0 Å². The lowest BCUT2D eigenvalue weighted by Crippen LogP contribution is -2.57. The molecule has 4 nitrogen and oxygen atoms in total. The largest absolute Gasteiger partial charge is 0.385 e. The van der Waals surface area contributed by atoms with Crippen LogP contribution in [0.5, 0.6) is 0 Å². The van der Waals surface area contributed by atoms with Crippen molar-refractivity contribution in [2.75, 3.05) is 39.9 Å². The van der Waals surface area contributed by atoms with Gasteiger partial charge in [0.15, 0.2) is 0 Å². The van der Waals surface area contributed by atoms with Crippen LogP contribution >= 0.6 is 0 Å². The summed E-state index contributed by atoms with van der Waals surface area (Å²) in [5.41, 5.74) is 6.15.